The number of anilines is 1. The standard InChI is InChI=1S/C23H29N3O/c1-5-7-11-26(12-8-6-2)17-9-10-21-18(13-17)19-14-20-23(27-16(3)24-20)15-22(19)25(21)4/h9-10,13-15H,5-8,11-12H2,1-4H3. The third-order valence-corrected chi connectivity index (χ3v) is 5.53. The molecule has 4 aromatic rings. The number of aryl methyl sites for hydroxylation is 2. The fourth-order valence-corrected chi connectivity index (χ4v) is 4.00. The van der Waals surface area contributed by atoms with E-state index in [1.165, 1.54) is 53.2 Å². The number of hydrogen-bond acceptors (Lipinski definition) is 3. The van der Waals surface area contributed by atoms with Gasteiger partial charge in [-0.15, -0.1) is 0 Å². The minimum absolute atomic E-state index is 0.718. The first-order chi connectivity index (χ1) is 13.1. The van der Waals surface area contributed by atoms with Crippen LogP contribution in [-0.4, -0.2) is 22.6 Å². The van der Waals surface area contributed by atoms with Crippen LogP contribution in [0, 0.1) is 6.92 Å². The van der Waals surface area contributed by atoms with E-state index >= 15 is 0 Å². The maximum absolute atomic E-state index is 5.74. The van der Waals surface area contributed by atoms with Crippen LogP contribution in [-0.2, 0) is 7.05 Å². The van der Waals surface area contributed by atoms with E-state index in [2.05, 4.69) is 65.7 Å². The largest absolute Gasteiger partial charge is 0.441 e. The van der Waals surface area contributed by atoms with E-state index in [4.69, 9.17) is 4.42 Å². The molecular weight excluding hydrogens is 334 g/mol. The second-order valence-corrected chi connectivity index (χ2v) is 7.52. The Bertz CT molecular complexity index is 1080. The monoisotopic (exact) mass is 363 g/mol. The van der Waals surface area contributed by atoms with Crippen molar-refractivity contribution in [3.8, 4) is 0 Å². The summed E-state index contributed by atoms with van der Waals surface area (Å²) in [7, 11) is 2.13. The summed E-state index contributed by atoms with van der Waals surface area (Å²) < 4.78 is 8.00. The molecule has 27 heavy (non-hydrogen) atoms. The molecule has 0 saturated heterocycles. The van der Waals surface area contributed by atoms with Crippen LogP contribution in [0.25, 0.3) is 32.9 Å². The van der Waals surface area contributed by atoms with E-state index in [1.807, 2.05) is 6.92 Å². The lowest BCUT2D eigenvalue weighted by Gasteiger charge is -2.25. The van der Waals surface area contributed by atoms with Crippen LogP contribution in [0.1, 0.15) is 45.4 Å². The zero-order valence-electron chi connectivity index (χ0n) is 16.9. The maximum Gasteiger partial charge on any atom is 0.192 e. The lowest BCUT2D eigenvalue weighted by atomic mass is 10.1. The first kappa shape index (κ1) is 17.9. The van der Waals surface area contributed by atoms with Crippen molar-refractivity contribution in [2.24, 2.45) is 7.05 Å². The molecular formula is C23H29N3O. The smallest absolute Gasteiger partial charge is 0.192 e. The van der Waals surface area contributed by atoms with Gasteiger partial charge < -0.3 is 13.9 Å². The van der Waals surface area contributed by atoms with Gasteiger partial charge in [0.1, 0.15) is 5.52 Å². The molecule has 2 aromatic carbocycles. The average molecular weight is 364 g/mol. The topological polar surface area (TPSA) is 34.2 Å². The van der Waals surface area contributed by atoms with E-state index in [0.717, 1.165) is 30.1 Å². The normalized spacial score (nSPS) is 11.9. The predicted octanol–water partition coefficient (Wildman–Crippen LogP) is 6.19. The summed E-state index contributed by atoms with van der Waals surface area (Å²) in [6.07, 6.45) is 4.91. The molecule has 4 nitrogen and oxygen atoms in total. The molecule has 0 aliphatic heterocycles. The van der Waals surface area contributed by atoms with Crippen molar-refractivity contribution < 1.29 is 4.42 Å². The van der Waals surface area contributed by atoms with Crippen LogP contribution in [0.15, 0.2) is 34.7 Å². The Morgan fingerprint density at radius 3 is 2.37 bits per heavy atom. The second-order valence-electron chi connectivity index (χ2n) is 7.52. The Morgan fingerprint density at radius 1 is 0.963 bits per heavy atom. The molecule has 0 spiro atoms. The highest BCUT2D eigenvalue weighted by molar-refractivity contribution is 6.12. The van der Waals surface area contributed by atoms with Gasteiger partial charge in [0, 0.05) is 55.1 Å². The second kappa shape index (κ2) is 7.26. The van der Waals surface area contributed by atoms with Crippen LogP contribution in [0.4, 0.5) is 5.69 Å². The van der Waals surface area contributed by atoms with Crippen LogP contribution in [0.2, 0.25) is 0 Å². The molecule has 0 N–H and O–H groups in total. The Balaban J connectivity index is 1.86. The molecule has 142 valence electrons. The summed E-state index contributed by atoms with van der Waals surface area (Å²) in [5, 5.41) is 2.55. The highest BCUT2D eigenvalue weighted by atomic mass is 16.3. The Labute approximate surface area is 160 Å². The first-order valence-corrected chi connectivity index (χ1v) is 10.2. The van der Waals surface area contributed by atoms with Crippen LogP contribution < -0.4 is 4.90 Å². The molecule has 0 fully saturated rings. The lowest BCUT2D eigenvalue weighted by molar-refractivity contribution is 0.561. The molecule has 4 heteroatoms. The molecule has 2 aromatic heterocycles. The maximum atomic E-state index is 5.74. The van der Waals surface area contributed by atoms with E-state index in [-0.39, 0.29) is 0 Å². The zero-order valence-corrected chi connectivity index (χ0v) is 16.9. The lowest BCUT2D eigenvalue weighted by Crippen LogP contribution is -2.25. The van der Waals surface area contributed by atoms with Crippen molar-refractivity contribution in [2.45, 2.75) is 46.5 Å². The molecule has 2 heterocycles. The van der Waals surface area contributed by atoms with Crippen LogP contribution >= 0.6 is 0 Å². The molecule has 4 rings (SSSR count). The summed E-state index contributed by atoms with van der Waals surface area (Å²) in [4.78, 5) is 7.08. The van der Waals surface area contributed by atoms with Crippen molar-refractivity contribution in [2.75, 3.05) is 18.0 Å². The molecule has 0 unspecified atom stereocenters. The van der Waals surface area contributed by atoms with Gasteiger partial charge in [-0.2, -0.15) is 0 Å². The van der Waals surface area contributed by atoms with Gasteiger partial charge in [-0.25, -0.2) is 4.98 Å². The number of aromatic nitrogens is 2. The van der Waals surface area contributed by atoms with Gasteiger partial charge in [0.2, 0.25) is 0 Å². The number of rotatable bonds is 7. The van der Waals surface area contributed by atoms with Crippen molar-refractivity contribution in [1.82, 2.24) is 9.55 Å². The Morgan fingerprint density at radius 2 is 1.67 bits per heavy atom. The van der Waals surface area contributed by atoms with Crippen molar-refractivity contribution in [3.63, 3.8) is 0 Å². The number of oxazole rings is 1. The van der Waals surface area contributed by atoms with Crippen LogP contribution in [0.5, 0.6) is 0 Å². The van der Waals surface area contributed by atoms with E-state index in [9.17, 15) is 0 Å². The predicted molar refractivity (Wildman–Crippen MR) is 115 cm³/mol. The highest BCUT2D eigenvalue weighted by Gasteiger charge is 2.14. The SMILES string of the molecule is CCCCN(CCCC)c1ccc2c(c1)c1cc3nc(C)oc3cc1n2C. The summed E-state index contributed by atoms with van der Waals surface area (Å²) in [6, 6.07) is 11.2. The summed E-state index contributed by atoms with van der Waals surface area (Å²) in [5.74, 6) is 0.718. The third-order valence-electron chi connectivity index (χ3n) is 5.53. The van der Waals surface area contributed by atoms with Gasteiger partial charge in [0.05, 0.1) is 5.52 Å². The molecule has 0 aliphatic rings. The third kappa shape index (κ3) is 3.18. The number of nitrogens with zero attached hydrogens (tertiary/aromatic N) is 3. The van der Waals surface area contributed by atoms with Gasteiger partial charge in [-0.1, -0.05) is 26.7 Å². The summed E-state index contributed by atoms with van der Waals surface area (Å²) in [6.45, 7) is 8.67. The average Bonchev–Trinajstić information content (AvgIpc) is 3.16. The summed E-state index contributed by atoms with van der Waals surface area (Å²) in [5.41, 5.74) is 5.57. The van der Waals surface area contributed by atoms with Gasteiger partial charge in [0.15, 0.2) is 11.5 Å². The van der Waals surface area contributed by atoms with Crippen LogP contribution in [0.3, 0.4) is 0 Å². The number of benzene rings is 2. The molecule has 0 bridgehead atoms. The number of hydrogen-bond donors (Lipinski definition) is 0. The molecule has 0 atom stereocenters. The van der Waals surface area contributed by atoms with Gasteiger partial charge >= 0.3 is 0 Å². The Kier molecular flexibility index (Phi) is 4.81. The van der Waals surface area contributed by atoms with Gasteiger partial charge in [-0.05, 0) is 37.1 Å². The fraction of sp³-hybridized carbons (Fsp3) is 0.435. The van der Waals surface area contributed by atoms with E-state index < -0.39 is 0 Å². The van der Waals surface area contributed by atoms with Crippen molar-refractivity contribution >= 4 is 38.6 Å². The quantitative estimate of drug-likeness (QED) is 0.393. The number of unbranched alkanes of at least 4 members (excludes halogenated alkanes) is 2. The molecule has 0 amide bonds. The van der Waals surface area contributed by atoms with Crippen molar-refractivity contribution in [1.29, 1.82) is 0 Å². The molecule has 0 radical (unpaired) electrons. The molecule has 0 aliphatic carbocycles. The van der Waals surface area contributed by atoms with Gasteiger partial charge in [0.25, 0.3) is 0 Å². The highest BCUT2D eigenvalue weighted by Crippen LogP contribution is 2.34. The number of fused-ring (bicyclic) bond motifs is 4. The Hall–Kier alpha value is -2.49. The first-order valence-electron chi connectivity index (χ1n) is 10.2. The van der Waals surface area contributed by atoms with E-state index in [0.29, 0.717) is 0 Å². The zero-order chi connectivity index (χ0) is 19.0. The van der Waals surface area contributed by atoms with Crippen molar-refractivity contribution in [3.05, 3.63) is 36.2 Å². The minimum Gasteiger partial charge on any atom is -0.441 e. The minimum atomic E-state index is 0.718. The molecule has 0 saturated carbocycles. The summed E-state index contributed by atoms with van der Waals surface area (Å²) >= 11 is 0. The van der Waals surface area contributed by atoms with E-state index in [1.54, 1.807) is 0 Å². The van der Waals surface area contributed by atoms with Gasteiger partial charge in [-0.3, -0.25) is 0 Å². The fourth-order valence-electron chi connectivity index (χ4n) is 4.00.